The van der Waals surface area contributed by atoms with Crippen LogP contribution in [0.4, 0.5) is 5.69 Å². The monoisotopic (exact) mass is 311 g/mol. The lowest BCUT2D eigenvalue weighted by molar-refractivity contribution is -0.125. The molecule has 21 heavy (non-hydrogen) atoms. The van der Waals surface area contributed by atoms with E-state index >= 15 is 0 Å². The Labute approximate surface area is 131 Å². The van der Waals surface area contributed by atoms with Crippen molar-refractivity contribution in [2.24, 2.45) is 5.92 Å². The molecule has 0 aromatic heterocycles. The Morgan fingerprint density at radius 1 is 1.29 bits per heavy atom. The second-order valence-electron chi connectivity index (χ2n) is 5.14. The van der Waals surface area contributed by atoms with Gasteiger partial charge in [0.1, 0.15) is 0 Å². The average molecular weight is 312 g/mol. The molecule has 1 aliphatic heterocycles. The van der Waals surface area contributed by atoms with E-state index in [0.717, 1.165) is 37.2 Å². The van der Waals surface area contributed by atoms with Gasteiger partial charge in [0.2, 0.25) is 11.8 Å². The summed E-state index contributed by atoms with van der Waals surface area (Å²) in [7, 11) is 0. The lowest BCUT2D eigenvalue weighted by Gasteiger charge is -2.21. The van der Waals surface area contributed by atoms with Gasteiger partial charge in [0.25, 0.3) is 0 Å². The molecule has 1 saturated heterocycles. The van der Waals surface area contributed by atoms with Gasteiger partial charge in [0.15, 0.2) is 0 Å². The first-order valence-electron chi connectivity index (χ1n) is 7.00. The molecule has 2 amide bonds. The molecule has 6 heteroatoms. The number of carbonyl (C=O) groups is 2. The van der Waals surface area contributed by atoms with E-state index in [4.69, 9.17) is 0 Å². The van der Waals surface area contributed by atoms with Crippen molar-refractivity contribution < 1.29 is 9.59 Å². The summed E-state index contributed by atoms with van der Waals surface area (Å²) in [6.07, 6.45) is 2.02. The number of carbonyl (C=O) groups excluding carboxylic acids is 2. The summed E-state index contributed by atoms with van der Waals surface area (Å²) < 4.78 is 0. The first-order valence-corrected chi connectivity index (χ1v) is 7.00. The largest absolute Gasteiger partial charge is 0.352 e. The van der Waals surface area contributed by atoms with E-state index in [1.54, 1.807) is 0 Å². The van der Waals surface area contributed by atoms with Crippen LogP contribution in [0.2, 0.25) is 0 Å². The number of hydrogen-bond acceptors (Lipinski definition) is 3. The SMILES string of the molecule is CC(=O)Nc1ccc(CNC(=O)[C@@H]2CCCNC2)cc1.Cl. The molecule has 1 aromatic rings. The van der Waals surface area contributed by atoms with E-state index in [9.17, 15) is 9.59 Å². The summed E-state index contributed by atoms with van der Waals surface area (Å²) >= 11 is 0. The second kappa shape index (κ2) is 8.64. The summed E-state index contributed by atoms with van der Waals surface area (Å²) in [5.41, 5.74) is 1.79. The predicted molar refractivity (Wildman–Crippen MR) is 85.4 cm³/mol. The fourth-order valence-electron chi connectivity index (χ4n) is 2.32. The van der Waals surface area contributed by atoms with Gasteiger partial charge in [-0.3, -0.25) is 9.59 Å². The van der Waals surface area contributed by atoms with Crippen molar-refractivity contribution in [3.63, 3.8) is 0 Å². The third-order valence-electron chi connectivity index (χ3n) is 3.41. The minimum absolute atomic E-state index is 0. The average Bonchev–Trinajstić information content (AvgIpc) is 2.46. The molecule has 0 saturated carbocycles. The number of nitrogens with one attached hydrogen (secondary N) is 3. The van der Waals surface area contributed by atoms with Crippen LogP contribution in [0, 0.1) is 5.92 Å². The van der Waals surface area contributed by atoms with Gasteiger partial charge in [-0.15, -0.1) is 12.4 Å². The van der Waals surface area contributed by atoms with Gasteiger partial charge in [-0.25, -0.2) is 0 Å². The highest BCUT2D eigenvalue weighted by atomic mass is 35.5. The maximum absolute atomic E-state index is 12.0. The molecule has 0 radical (unpaired) electrons. The van der Waals surface area contributed by atoms with Crippen molar-refractivity contribution in [2.45, 2.75) is 26.3 Å². The van der Waals surface area contributed by atoms with Gasteiger partial charge in [-0.05, 0) is 37.1 Å². The Morgan fingerprint density at radius 3 is 2.57 bits per heavy atom. The number of amides is 2. The second-order valence-corrected chi connectivity index (χ2v) is 5.14. The summed E-state index contributed by atoms with van der Waals surface area (Å²) in [6, 6.07) is 7.49. The molecule has 0 aliphatic carbocycles. The lowest BCUT2D eigenvalue weighted by atomic mass is 9.99. The van der Waals surface area contributed by atoms with Gasteiger partial charge in [-0.1, -0.05) is 12.1 Å². The van der Waals surface area contributed by atoms with Crippen LogP contribution in [-0.4, -0.2) is 24.9 Å². The number of benzene rings is 1. The van der Waals surface area contributed by atoms with E-state index < -0.39 is 0 Å². The first kappa shape index (κ1) is 17.5. The summed E-state index contributed by atoms with van der Waals surface area (Å²) in [5, 5.41) is 8.92. The highest BCUT2D eigenvalue weighted by Gasteiger charge is 2.20. The van der Waals surface area contributed by atoms with Crippen LogP contribution in [0.3, 0.4) is 0 Å². The molecule has 5 nitrogen and oxygen atoms in total. The standard InChI is InChI=1S/C15H21N3O2.ClH/c1-11(19)18-14-6-4-12(5-7-14)9-17-15(20)13-3-2-8-16-10-13;/h4-7,13,16H,2-3,8-10H2,1H3,(H,17,20)(H,18,19);1H/t13-;/m1./s1. The number of piperidine rings is 1. The fraction of sp³-hybridized carbons (Fsp3) is 0.467. The molecule has 0 spiro atoms. The number of rotatable bonds is 4. The topological polar surface area (TPSA) is 70.2 Å². The number of hydrogen-bond donors (Lipinski definition) is 3. The smallest absolute Gasteiger partial charge is 0.224 e. The Balaban J connectivity index is 0.00000220. The lowest BCUT2D eigenvalue weighted by Crippen LogP contribution is -2.40. The summed E-state index contributed by atoms with van der Waals surface area (Å²) in [5.74, 6) is 0.112. The predicted octanol–water partition coefficient (Wildman–Crippen LogP) is 1.68. The number of halogens is 1. The quantitative estimate of drug-likeness (QED) is 0.792. The van der Waals surface area contributed by atoms with Gasteiger partial charge in [0.05, 0.1) is 5.92 Å². The van der Waals surface area contributed by atoms with Gasteiger partial charge in [-0.2, -0.15) is 0 Å². The highest BCUT2D eigenvalue weighted by Crippen LogP contribution is 2.12. The van der Waals surface area contributed by atoms with E-state index in [1.807, 2.05) is 24.3 Å². The van der Waals surface area contributed by atoms with E-state index in [2.05, 4.69) is 16.0 Å². The molecule has 1 atom stereocenters. The molecular weight excluding hydrogens is 290 g/mol. The van der Waals surface area contributed by atoms with Crippen LogP contribution >= 0.6 is 12.4 Å². The van der Waals surface area contributed by atoms with Crippen LogP contribution in [0.5, 0.6) is 0 Å². The van der Waals surface area contributed by atoms with E-state index in [-0.39, 0.29) is 30.1 Å². The van der Waals surface area contributed by atoms with Crippen LogP contribution < -0.4 is 16.0 Å². The minimum Gasteiger partial charge on any atom is -0.352 e. The molecule has 1 fully saturated rings. The van der Waals surface area contributed by atoms with Gasteiger partial charge >= 0.3 is 0 Å². The Morgan fingerprint density at radius 2 is 2.00 bits per heavy atom. The molecule has 1 aromatic carbocycles. The summed E-state index contributed by atoms with van der Waals surface area (Å²) in [4.78, 5) is 22.9. The minimum atomic E-state index is -0.0872. The third kappa shape index (κ3) is 5.73. The fourth-order valence-corrected chi connectivity index (χ4v) is 2.32. The molecule has 1 aliphatic rings. The Hall–Kier alpha value is -1.59. The number of anilines is 1. The summed E-state index contributed by atoms with van der Waals surface area (Å²) in [6.45, 7) is 3.78. The zero-order valence-corrected chi connectivity index (χ0v) is 13.0. The van der Waals surface area contributed by atoms with E-state index in [0.29, 0.717) is 6.54 Å². The molecule has 116 valence electrons. The van der Waals surface area contributed by atoms with Crippen LogP contribution in [0.1, 0.15) is 25.3 Å². The van der Waals surface area contributed by atoms with Gasteiger partial charge in [0, 0.05) is 25.7 Å². The van der Waals surface area contributed by atoms with Crippen molar-refractivity contribution in [1.29, 1.82) is 0 Å². The van der Waals surface area contributed by atoms with Crippen LogP contribution in [0.25, 0.3) is 0 Å². The molecule has 3 N–H and O–H groups in total. The normalized spacial score (nSPS) is 17.5. The van der Waals surface area contributed by atoms with Crippen LogP contribution in [0.15, 0.2) is 24.3 Å². The van der Waals surface area contributed by atoms with Crippen molar-refractivity contribution in [3.8, 4) is 0 Å². The maximum Gasteiger partial charge on any atom is 0.224 e. The maximum atomic E-state index is 12.0. The highest BCUT2D eigenvalue weighted by molar-refractivity contribution is 5.88. The van der Waals surface area contributed by atoms with Crippen LogP contribution in [-0.2, 0) is 16.1 Å². The first-order chi connectivity index (χ1) is 9.65. The van der Waals surface area contributed by atoms with Crippen molar-refractivity contribution in [3.05, 3.63) is 29.8 Å². The molecule has 2 rings (SSSR count). The zero-order valence-electron chi connectivity index (χ0n) is 12.1. The molecule has 0 bridgehead atoms. The molecule has 1 heterocycles. The van der Waals surface area contributed by atoms with Crippen molar-refractivity contribution in [2.75, 3.05) is 18.4 Å². The van der Waals surface area contributed by atoms with Gasteiger partial charge < -0.3 is 16.0 Å². The van der Waals surface area contributed by atoms with Crippen molar-refractivity contribution in [1.82, 2.24) is 10.6 Å². The molecule has 0 unspecified atom stereocenters. The third-order valence-corrected chi connectivity index (χ3v) is 3.41. The Bertz CT molecular complexity index is 470. The molecular formula is C15H22ClN3O2. The van der Waals surface area contributed by atoms with Crippen molar-refractivity contribution >= 4 is 29.9 Å². The Kier molecular flexibility index (Phi) is 7.19. The zero-order chi connectivity index (χ0) is 14.4. The van der Waals surface area contributed by atoms with E-state index in [1.165, 1.54) is 6.92 Å².